The molecule has 1 aliphatic carbocycles. The SMILES string of the molecule is O=C(C[N+]12CCC(CC1)C(OC(=O)[C@](O)(c1ccccc1)C1CCCC1)C2)Nc1cncnc1. The van der Waals surface area contributed by atoms with E-state index in [9.17, 15) is 14.7 Å². The molecule has 2 bridgehead atoms. The number of piperidine rings is 3. The van der Waals surface area contributed by atoms with E-state index in [1.165, 1.54) is 6.33 Å². The topological polar surface area (TPSA) is 101 Å². The molecular weight excluding hydrogens is 432 g/mol. The first-order valence-corrected chi connectivity index (χ1v) is 12.4. The van der Waals surface area contributed by atoms with E-state index in [1.807, 2.05) is 30.3 Å². The van der Waals surface area contributed by atoms with Gasteiger partial charge in [0.2, 0.25) is 0 Å². The quantitative estimate of drug-likeness (QED) is 0.482. The minimum Gasteiger partial charge on any atom is -0.454 e. The van der Waals surface area contributed by atoms with Crippen LogP contribution in [0.1, 0.15) is 44.1 Å². The molecule has 1 aromatic carbocycles. The maximum absolute atomic E-state index is 13.6. The van der Waals surface area contributed by atoms with Gasteiger partial charge in [-0.05, 0) is 18.4 Å². The van der Waals surface area contributed by atoms with Crippen LogP contribution in [0.4, 0.5) is 5.69 Å². The summed E-state index contributed by atoms with van der Waals surface area (Å²) in [6, 6.07) is 9.24. The number of fused-ring (bicyclic) bond motifs is 3. The van der Waals surface area contributed by atoms with Crippen LogP contribution in [-0.2, 0) is 19.9 Å². The number of nitrogens with zero attached hydrogens (tertiary/aromatic N) is 3. The van der Waals surface area contributed by atoms with Gasteiger partial charge >= 0.3 is 5.97 Å². The molecular formula is C26H33N4O4+. The Morgan fingerprint density at radius 3 is 2.41 bits per heavy atom. The summed E-state index contributed by atoms with van der Waals surface area (Å²) in [5.41, 5.74) is -0.439. The van der Waals surface area contributed by atoms with E-state index in [-0.39, 0.29) is 23.8 Å². The first-order chi connectivity index (χ1) is 16.5. The lowest BCUT2D eigenvalue weighted by atomic mass is 9.79. The Kier molecular flexibility index (Phi) is 6.36. The maximum Gasteiger partial charge on any atom is 0.343 e. The second-order valence-electron chi connectivity index (χ2n) is 10.2. The van der Waals surface area contributed by atoms with Gasteiger partial charge in [-0.1, -0.05) is 43.2 Å². The molecule has 8 nitrogen and oxygen atoms in total. The van der Waals surface area contributed by atoms with Gasteiger partial charge in [0, 0.05) is 24.7 Å². The number of aromatic nitrogens is 2. The Balaban J connectivity index is 1.30. The Hall–Kier alpha value is -2.84. The first kappa shape index (κ1) is 22.9. The zero-order valence-corrected chi connectivity index (χ0v) is 19.4. The van der Waals surface area contributed by atoms with Crippen molar-refractivity contribution >= 4 is 17.6 Å². The Bertz CT molecular complexity index is 1000. The molecule has 6 rings (SSSR count). The second kappa shape index (κ2) is 9.43. The molecule has 2 N–H and O–H groups in total. The average molecular weight is 466 g/mol. The standard InChI is InChI=1S/C26H32N4O4/c31-24(29-22-14-27-18-28-15-22)17-30-12-10-19(11-13-30)23(16-30)34-25(32)26(33,21-8-4-5-9-21)20-6-2-1-3-7-20/h1-3,6-7,14-15,18-19,21,23,33H,4-5,8-13,16-17H2/p+1/t19?,23?,26-,30?/m0/s1. The van der Waals surface area contributed by atoms with Crippen molar-refractivity contribution in [2.45, 2.75) is 50.2 Å². The zero-order chi connectivity index (χ0) is 23.6. The minimum atomic E-state index is -1.63. The van der Waals surface area contributed by atoms with Crippen molar-refractivity contribution in [3.63, 3.8) is 0 Å². The number of hydrogen-bond donors (Lipinski definition) is 2. The van der Waals surface area contributed by atoms with E-state index in [1.54, 1.807) is 12.4 Å². The summed E-state index contributed by atoms with van der Waals surface area (Å²) in [5.74, 6) is -0.482. The van der Waals surface area contributed by atoms with Gasteiger partial charge in [-0.3, -0.25) is 4.79 Å². The van der Waals surface area contributed by atoms with Crippen molar-refractivity contribution in [2.75, 3.05) is 31.5 Å². The van der Waals surface area contributed by atoms with Gasteiger partial charge in [0.15, 0.2) is 18.2 Å². The number of hydrogen-bond acceptors (Lipinski definition) is 6. The lowest BCUT2D eigenvalue weighted by Crippen LogP contribution is -2.66. The molecule has 4 heterocycles. The highest BCUT2D eigenvalue weighted by molar-refractivity contribution is 5.91. The average Bonchev–Trinajstić information content (AvgIpc) is 3.40. The fourth-order valence-corrected chi connectivity index (χ4v) is 6.23. The second-order valence-corrected chi connectivity index (χ2v) is 10.2. The van der Waals surface area contributed by atoms with Gasteiger partial charge in [0.05, 0.1) is 31.2 Å². The minimum absolute atomic E-state index is 0.0908. The molecule has 4 fully saturated rings. The van der Waals surface area contributed by atoms with E-state index < -0.39 is 11.6 Å². The molecule has 1 unspecified atom stereocenters. The highest BCUT2D eigenvalue weighted by atomic mass is 16.6. The van der Waals surface area contributed by atoms with Crippen LogP contribution in [0.25, 0.3) is 0 Å². The summed E-state index contributed by atoms with van der Waals surface area (Å²) in [7, 11) is 0. The van der Waals surface area contributed by atoms with Crippen LogP contribution >= 0.6 is 0 Å². The third kappa shape index (κ3) is 4.44. The molecule has 3 saturated heterocycles. The maximum atomic E-state index is 13.6. The number of rotatable bonds is 7. The number of nitrogens with one attached hydrogen (secondary N) is 1. The largest absolute Gasteiger partial charge is 0.454 e. The molecule has 4 aliphatic rings. The molecule has 2 atom stereocenters. The summed E-state index contributed by atoms with van der Waals surface area (Å²) < 4.78 is 6.72. The van der Waals surface area contributed by atoms with Crippen LogP contribution in [-0.4, -0.2) is 63.7 Å². The number of benzene rings is 1. The van der Waals surface area contributed by atoms with Crippen LogP contribution in [0.2, 0.25) is 0 Å². The number of anilines is 1. The fraction of sp³-hybridized carbons (Fsp3) is 0.538. The number of carbonyl (C=O) groups excluding carboxylic acids is 2. The molecule has 2 aromatic rings. The molecule has 34 heavy (non-hydrogen) atoms. The van der Waals surface area contributed by atoms with Gasteiger partial charge in [-0.25, -0.2) is 14.8 Å². The van der Waals surface area contributed by atoms with Gasteiger partial charge < -0.3 is 19.6 Å². The number of carbonyl (C=O) groups is 2. The highest BCUT2D eigenvalue weighted by Gasteiger charge is 2.53. The Morgan fingerprint density at radius 1 is 1.06 bits per heavy atom. The molecule has 0 spiro atoms. The van der Waals surface area contributed by atoms with E-state index in [0.29, 0.717) is 28.8 Å². The monoisotopic (exact) mass is 465 g/mol. The molecule has 0 radical (unpaired) electrons. The van der Waals surface area contributed by atoms with Crippen molar-refractivity contribution in [3.8, 4) is 0 Å². The summed E-state index contributed by atoms with van der Waals surface area (Å²) in [6.07, 6.45) is 9.77. The number of aliphatic hydroxyl groups is 1. The van der Waals surface area contributed by atoms with Crippen LogP contribution in [0, 0.1) is 11.8 Å². The van der Waals surface area contributed by atoms with Gasteiger partial charge in [0.25, 0.3) is 5.91 Å². The lowest BCUT2D eigenvalue weighted by molar-refractivity contribution is -0.939. The third-order valence-corrected chi connectivity index (χ3v) is 8.09. The predicted molar refractivity (Wildman–Crippen MR) is 125 cm³/mol. The number of amides is 1. The smallest absolute Gasteiger partial charge is 0.343 e. The van der Waals surface area contributed by atoms with Crippen LogP contribution in [0.3, 0.4) is 0 Å². The highest BCUT2D eigenvalue weighted by Crippen LogP contribution is 2.43. The van der Waals surface area contributed by atoms with E-state index >= 15 is 0 Å². The third-order valence-electron chi connectivity index (χ3n) is 8.09. The molecule has 180 valence electrons. The number of quaternary nitrogens is 1. The van der Waals surface area contributed by atoms with Gasteiger partial charge in [-0.15, -0.1) is 0 Å². The summed E-state index contributed by atoms with van der Waals surface area (Å²) in [4.78, 5) is 34.3. The van der Waals surface area contributed by atoms with Gasteiger partial charge in [0.1, 0.15) is 12.9 Å². The Morgan fingerprint density at radius 2 is 1.74 bits per heavy atom. The number of ether oxygens (including phenoxy) is 1. The predicted octanol–water partition coefficient (Wildman–Crippen LogP) is 2.65. The fourth-order valence-electron chi connectivity index (χ4n) is 6.23. The molecule has 1 aromatic heterocycles. The van der Waals surface area contributed by atoms with Crippen LogP contribution in [0.15, 0.2) is 49.1 Å². The van der Waals surface area contributed by atoms with Crippen molar-refractivity contribution in [2.24, 2.45) is 11.8 Å². The van der Waals surface area contributed by atoms with Crippen molar-refractivity contribution in [1.82, 2.24) is 9.97 Å². The molecule has 1 amide bonds. The molecule has 8 heteroatoms. The van der Waals surface area contributed by atoms with Crippen molar-refractivity contribution in [1.29, 1.82) is 0 Å². The van der Waals surface area contributed by atoms with E-state index in [0.717, 1.165) is 51.6 Å². The van der Waals surface area contributed by atoms with E-state index in [2.05, 4.69) is 15.3 Å². The van der Waals surface area contributed by atoms with Crippen LogP contribution in [0.5, 0.6) is 0 Å². The Labute approximate surface area is 199 Å². The molecule has 1 saturated carbocycles. The summed E-state index contributed by atoms with van der Waals surface area (Å²) in [6.45, 7) is 2.71. The first-order valence-electron chi connectivity index (χ1n) is 12.4. The molecule has 3 aliphatic heterocycles. The summed E-state index contributed by atoms with van der Waals surface area (Å²) in [5, 5.41) is 14.6. The van der Waals surface area contributed by atoms with Crippen LogP contribution < -0.4 is 5.32 Å². The van der Waals surface area contributed by atoms with Gasteiger partial charge in [-0.2, -0.15) is 0 Å². The van der Waals surface area contributed by atoms with Crippen molar-refractivity contribution < 1.29 is 23.9 Å². The number of esters is 1. The zero-order valence-electron chi connectivity index (χ0n) is 19.4. The normalized spacial score (nSPS) is 28.3. The van der Waals surface area contributed by atoms with E-state index in [4.69, 9.17) is 4.74 Å². The summed E-state index contributed by atoms with van der Waals surface area (Å²) >= 11 is 0. The lowest BCUT2D eigenvalue weighted by Gasteiger charge is -2.52. The van der Waals surface area contributed by atoms with Crippen molar-refractivity contribution in [3.05, 3.63) is 54.6 Å².